The maximum absolute atomic E-state index is 3.28. The average molecular weight is 230 g/mol. The lowest BCUT2D eigenvalue weighted by Crippen LogP contribution is -2.26. The van der Waals surface area contributed by atoms with E-state index in [2.05, 4.69) is 67.3 Å². The molecular formula is C16H13BN. The van der Waals surface area contributed by atoms with Gasteiger partial charge in [-0.15, -0.1) is 0 Å². The smallest absolute Gasteiger partial charge is 0.243 e. The molecule has 2 heteroatoms. The molecule has 2 aromatic carbocycles. The highest BCUT2D eigenvalue weighted by molar-refractivity contribution is 6.39. The lowest BCUT2D eigenvalue weighted by molar-refractivity contribution is 1.02. The molecule has 0 saturated heterocycles. The van der Waals surface area contributed by atoms with E-state index in [1.165, 1.54) is 11.3 Å². The Morgan fingerprint density at radius 1 is 0.944 bits per heavy atom. The standard InChI is InChI=1S/C16H13BN/c1-17-18-12-15-8-3-2-6-13(15)10-11-14-7-4-5-9-16(14)18/h2-9H,12H2,1H3. The summed E-state index contributed by atoms with van der Waals surface area (Å²) in [6.07, 6.45) is 0. The summed E-state index contributed by atoms with van der Waals surface area (Å²) in [6, 6.07) is 16.6. The Hall–Kier alpha value is -2.14. The van der Waals surface area contributed by atoms with Crippen molar-refractivity contribution in [2.75, 3.05) is 4.81 Å². The predicted molar refractivity (Wildman–Crippen MR) is 76.7 cm³/mol. The second kappa shape index (κ2) is 4.62. The molecular weight excluding hydrogens is 217 g/mol. The van der Waals surface area contributed by atoms with Crippen molar-refractivity contribution in [3.05, 3.63) is 65.2 Å². The summed E-state index contributed by atoms with van der Waals surface area (Å²) in [4.78, 5) is 2.25. The quantitative estimate of drug-likeness (QED) is 0.537. The molecule has 0 N–H and O–H groups in total. The van der Waals surface area contributed by atoms with Gasteiger partial charge in [0, 0.05) is 23.4 Å². The third kappa shape index (κ3) is 1.89. The Kier molecular flexibility index (Phi) is 2.82. The molecule has 1 aliphatic rings. The fourth-order valence-electron chi connectivity index (χ4n) is 2.24. The number of nitrogens with zero attached hydrogens (tertiary/aromatic N) is 1. The molecule has 85 valence electrons. The molecule has 0 atom stereocenters. The van der Waals surface area contributed by atoms with Gasteiger partial charge in [0.05, 0.1) is 0 Å². The van der Waals surface area contributed by atoms with Crippen LogP contribution in [-0.4, -0.2) is 7.41 Å². The molecule has 0 bridgehead atoms. The topological polar surface area (TPSA) is 3.24 Å². The Balaban J connectivity index is 2.19. The normalized spacial score (nSPS) is 12.4. The fraction of sp³-hybridized carbons (Fsp3) is 0.125. The van der Waals surface area contributed by atoms with Crippen molar-refractivity contribution in [2.24, 2.45) is 0 Å². The molecule has 0 amide bonds. The molecule has 1 aliphatic heterocycles. The van der Waals surface area contributed by atoms with E-state index in [0.29, 0.717) is 0 Å². The Morgan fingerprint density at radius 3 is 2.44 bits per heavy atom. The highest BCUT2D eigenvalue weighted by Gasteiger charge is 2.12. The van der Waals surface area contributed by atoms with Gasteiger partial charge in [-0.3, -0.25) is 0 Å². The first-order chi connectivity index (χ1) is 8.88. The molecule has 0 saturated carbocycles. The van der Waals surface area contributed by atoms with Crippen LogP contribution in [0.25, 0.3) is 0 Å². The van der Waals surface area contributed by atoms with Crippen LogP contribution in [0.4, 0.5) is 5.69 Å². The first-order valence-electron chi connectivity index (χ1n) is 6.13. The lowest BCUT2D eigenvalue weighted by atomic mass is 9.90. The molecule has 1 radical (unpaired) electrons. The summed E-state index contributed by atoms with van der Waals surface area (Å²) < 4.78 is 0. The van der Waals surface area contributed by atoms with E-state index >= 15 is 0 Å². The molecule has 0 spiro atoms. The van der Waals surface area contributed by atoms with Gasteiger partial charge < -0.3 is 4.81 Å². The molecule has 0 aliphatic carbocycles. The second-order valence-electron chi connectivity index (χ2n) is 4.31. The lowest BCUT2D eigenvalue weighted by Gasteiger charge is -2.26. The molecule has 2 aromatic rings. The van der Waals surface area contributed by atoms with Gasteiger partial charge in [0.25, 0.3) is 0 Å². The maximum Gasteiger partial charge on any atom is 0.243 e. The number of para-hydroxylation sites is 1. The van der Waals surface area contributed by atoms with E-state index in [9.17, 15) is 0 Å². The number of rotatable bonds is 1. The zero-order valence-electron chi connectivity index (χ0n) is 10.4. The van der Waals surface area contributed by atoms with Gasteiger partial charge in [-0.1, -0.05) is 49.0 Å². The van der Waals surface area contributed by atoms with Gasteiger partial charge in [-0.25, -0.2) is 0 Å². The molecule has 0 unspecified atom stereocenters. The monoisotopic (exact) mass is 230 g/mol. The van der Waals surface area contributed by atoms with Gasteiger partial charge in [0.15, 0.2) is 0 Å². The van der Waals surface area contributed by atoms with Crippen LogP contribution in [0.1, 0.15) is 16.7 Å². The van der Waals surface area contributed by atoms with E-state index in [-0.39, 0.29) is 0 Å². The van der Waals surface area contributed by atoms with E-state index < -0.39 is 0 Å². The summed E-state index contributed by atoms with van der Waals surface area (Å²) >= 11 is 0. The van der Waals surface area contributed by atoms with E-state index in [1.807, 2.05) is 12.1 Å². The minimum absolute atomic E-state index is 0.873. The molecule has 1 heterocycles. The maximum atomic E-state index is 3.28. The first-order valence-corrected chi connectivity index (χ1v) is 6.13. The average Bonchev–Trinajstić information content (AvgIpc) is 2.41. The van der Waals surface area contributed by atoms with Crippen LogP contribution in [0.3, 0.4) is 0 Å². The summed E-state index contributed by atoms with van der Waals surface area (Å²) in [5, 5.41) is 0. The highest BCUT2D eigenvalue weighted by atomic mass is 15.0. The SMILES string of the molecule is C[B]N1Cc2ccccc2C#Cc2ccccc21. The number of hydrogen-bond donors (Lipinski definition) is 0. The van der Waals surface area contributed by atoms with Crippen LogP contribution in [0.2, 0.25) is 6.82 Å². The van der Waals surface area contributed by atoms with Gasteiger partial charge in [0.1, 0.15) is 0 Å². The zero-order valence-corrected chi connectivity index (χ0v) is 10.4. The third-order valence-electron chi connectivity index (χ3n) is 3.22. The Bertz CT molecular complexity index is 637. The van der Waals surface area contributed by atoms with Crippen molar-refractivity contribution in [1.29, 1.82) is 0 Å². The molecule has 0 aromatic heterocycles. The van der Waals surface area contributed by atoms with Gasteiger partial charge in [0.2, 0.25) is 7.41 Å². The third-order valence-corrected chi connectivity index (χ3v) is 3.22. The van der Waals surface area contributed by atoms with Gasteiger partial charge in [-0.05, 0) is 23.8 Å². The predicted octanol–water partition coefficient (Wildman–Crippen LogP) is 3.07. The second-order valence-corrected chi connectivity index (χ2v) is 4.31. The first kappa shape index (κ1) is 11.0. The number of benzene rings is 2. The van der Waals surface area contributed by atoms with Crippen LogP contribution in [-0.2, 0) is 6.54 Å². The van der Waals surface area contributed by atoms with Crippen molar-refractivity contribution in [1.82, 2.24) is 0 Å². The van der Waals surface area contributed by atoms with Crippen molar-refractivity contribution in [3.63, 3.8) is 0 Å². The fourth-order valence-corrected chi connectivity index (χ4v) is 2.24. The van der Waals surface area contributed by atoms with Crippen molar-refractivity contribution < 1.29 is 0 Å². The molecule has 1 nitrogen and oxygen atoms in total. The number of fused-ring (bicyclic) bond motifs is 2. The van der Waals surface area contributed by atoms with E-state index in [4.69, 9.17) is 0 Å². The summed E-state index contributed by atoms with van der Waals surface area (Å²) in [5.74, 6) is 6.55. The van der Waals surface area contributed by atoms with Crippen molar-refractivity contribution in [2.45, 2.75) is 13.4 Å². The largest absolute Gasteiger partial charge is 0.415 e. The van der Waals surface area contributed by atoms with Crippen LogP contribution < -0.4 is 4.81 Å². The zero-order chi connectivity index (χ0) is 12.4. The highest BCUT2D eigenvalue weighted by Crippen LogP contribution is 2.24. The van der Waals surface area contributed by atoms with Gasteiger partial charge in [-0.2, -0.15) is 0 Å². The van der Waals surface area contributed by atoms with E-state index in [1.54, 1.807) is 0 Å². The minimum Gasteiger partial charge on any atom is -0.415 e. The molecule has 18 heavy (non-hydrogen) atoms. The number of hydrogen-bond acceptors (Lipinski definition) is 1. The van der Waals surface area contributed by atoms with Crippen molar-refractivity contribution in [3.8, 4) is 11.8 Å². The van der Waals surface area contributed by atoms with Crippen molar-refractivity contribution >= 4 is 13.1 Å². The molecule has 3 rings (SSSR count). The summed E-state index contributed by atoms with van der Waals surface area (Å²) in [7, 11) is 2.11. The van der Waals surface area contributed by atoms with Crippen LogP contribution >= 0.6 is 0 Å². The number of anilines is 1. The van der Waals surface area contributed by atoms with Crippen LogP contribution in [0.15, 0.2) is 48.5 Å². The Labute approximate surface area is 109 Å². The Morgan fingerprint density at radius 2 is 1.61 bits per heavy atom. The van der Waals surface area contributed by atoms with Gasteiger partial charge >= 0.3 is 0 Å². The van der Waals surface area contributed by atoms with E-state index in [0.717, 1.165) is 17.7 Å². The summed E-state index contributed by atoms with van der Waals surface area (Å²) in [5.41, 5.74) is 4.67. The van der Waals surface area contributed by atoms with Crippen LogP contribution in [0, 0.1) is 11.8 Å². The molecule has 0 fully saturated rings. The summed E-state index contributed by atoms with van der Waals surface area (Å²) in [6.45, 7) is 2.94. The van der Waals surface area contributed by atoms with Crippen LogP contribution in [0.5, 0.6) is 0 Å². The minimum atomic E-state index is 0.873.